The van der Waals surface area contributed by atoms with Crippen LogP contribution in [0.25, 0.3) is 21.8 Å². The fourth-order valence-electron chi connectivity index (χ4n) is 2.69. The van der Waals surface area contributed by atoms with Gasteiger partial charge >= 0.3 is 0 Å². The number of pyridine rings is 1. The zero-order valence-electron chi connectivity index (χ0n) is 11.8. The molecule has 0 amide bonds. The van der Waals surface area contributed by atoms with Crippen LogP contribution in [0.5, 0.6) is 0 Å². The van der Waals surface area contributed by atoms with Gasteiger partial charge in [-0.2, -0.15) is 0 Å². The molecule has 3 heteroatoms. The van der Waals surface area contributed by atoms with Crippen molar-refractivity contribution in [2.24, 2.45) is 0 Å². The van der Waals surface area contributed by atoms with Crippen LogP contribution in [0.15, 0.2) is 77.6 Å². The van der Waals surface area contributed by atoms with Gasteiger partial charge in [-0.1, -0.05) is 30.3 Å². The van der Waals surface area contributed by atoms with E-state index >= 15 is 0 Å². The SMILES string of the molecule is O=c1c2ccccc2[nH]c2ccc(Nc3ccccc3)cc12. The number of anilines is 2. The molecule has 1 aromatic heterocycles. The van der Waals surface area contributed by atoms with E-state index < -0.39 is 0 Å². The first-order valence-corrected chi connectivity index (χ1v) is 7.18. The second-order valence-corrected chi connectivity index (χ2v) is 5.25. The van der Waals surface area contributed by atoms with Crippen molar-refractivity contribution in [3.8, 4) is 0 Å². The Labute approximate surface area is 127 Å². The summed E-state index contributed by atoms with van der Waals surface area (Å²) in [6.07, 6.45) is 0. The maximum absolute atomic E-state index is 12.6. The highest BCUT2D eigenvalue weighted by Crippen LogP contribution is 2.21. The predicted octanol–water partition coefficient (Wildman–Crippen LogP) is 4.42. The van der Waals surface area contributed by atoms with Gasteiger partial charge in [-0.25, -0.2) is 0 Å². The molecule has 0 aliphatic rings. The molecule has 0 aliphatic carbocycles. The molecule has 22 heavy (non-hydrogen) atoms. The molecule has 4 aromatic rings. The number of H-pyrrole nitrogens is 1. The van der Waals surface area contributed by atoms with E-state index in [4.69, 9.17) is 0 Å². The van der Waals surface area contributed by atoms with Crippen molar-refractivity contribution < 1.29 is 0 Å². The molecular weight excluding hydrogens is 272 g/mol. The molecule has 0 fully saturated rings. The minimum Gasteiger partial charge on any atom is -0.356 e. The van der Waals surface area contributed by atoms with E-state index in [-0.39, 0.29) is 5.43 Å². The molecule has 0 saturated heterocycles. The fourth-order valence-corrected chi connectivity index (χ4v) is 2.69. The minimum absolute atomic E-state index is 0.0565. The van der Waals surface area contributed by atoms with Crippen LogP contribution in [0.1, 0.15) is 0 Å². The summed E-state index contributed by atoms with van der Waals surface area (Å²) in [4.78, 5) is 16.0. The molecular formula is C19H14N2O. The van der Waals surface area contributed by atoms with Gasteiger partial charge in [0.2, 0.25) is 0 Å². The van der Waals surface area contributed by atoms with Gasteiger partial charge in [0.1, 0.15) is 0 Å². The lowest BCUT2D eigenvalue weighted by Crippen LogP contribution is -2.04. The summed E-state index contributed by atoms with van der Waals surface area (Å²) in [6, 6.07) is 23.3. The molecule has 3 nitrogen and oxygen atoms in total. The first-order chi connectivity index (χ1) is 10.8. The predicted molar refractivity (Wildman–Crippen MR) is 91.8 cm³/mol. The van der Waals surface area contributed by atoms with Gasteiger partial charge in [0.15, 0.2) is 5.43 Å². The highest BCUT2D eigenvalue weighted by Gasteiger charge is 2.05. The average Bonchev–Trinajstić information content (AvgIpc) is 2.57. The van der Waals surface area contributed by atoms with Gasteiger partial charge in [-0.05, 0) is 42.5 Å². The molecule has 0 atom stereocenters. The quantitative estimate of drug-likeness (QED) is 0.536. The Morgan fingerprint density at radius 2 is 1.41 bits per heavy atom. The van der Waals surface area contributed by atoms with Crippen LogP contribution < -0.4 is 10.7 Å². The summed E-state index contributed by atoms with van der Waals surface area (Å²) in [5, 5.41) is 4.73. The van der Waals surface area contributed by atoms with Crippen LogP contribution in [0.4, 0.5) is 11.4 Å². The Morgan fingerprint density at radius 1 is 0.682 bits per heavy atom. The molecule has 2 N–H and O–H groups in total. The number of aromatic nitrogens is 1. The van der Waals surface area contributed by atoms with Gasteiger partial charge in [0, 0.05) is 33.2 Å². The molecule has 0 aliphatic heterocycles. The largest absolute Gasteiger partial charge is 0.356 e. The van der Waals surface area contributed by atoms with Crippen molar-refractivity contribution in [3.05, 3.63) is 83.0 Å². The fraction of sp³-hybridized carbons (Fsp3) is 0. The number of rotatable bonds is 2. The summed E-state index contributed by atoms with van der Waals surface area (Å²) in [5.74, 6) is 0. The highest BCUT2D eigenvalue weighted by molar-refractivity contribution is 5.94. The lowest BCUT2D eigenvalue weighted by atomic mass is 10.1. The topological polar surface area (TPSA) is 44.9 Å². The van der Waals surface area contributed by atoms with Crippen molar-refractivity contribution in [1.29, 1.82) is 0 Å². The third kappa shape index (κ3) is 2.13. The summed E-state index contributed by atoms with van der Waals surface area (Å²) in [7, 11) is 0. The number of nitrogens with one attached hydrogen (secondary N) is 2. The Hall–Kier alpha value is -3.07. The maximum atomic E-state index is 12.6. The molecule has 0 radical (unpaired) electrons. The second kappa shape index (κ2) is 5.04. The van der Waals surface area contributed by atoms with E-state index in [0.29, 0.717) is 10.8 Å². The highest BCUT2D eigenvalue weighted by atomic mass is 16.1. The number of benzene rings is 3. The molecule has 0 saturated carbocycles. The van der Waals surface area contributed by atoms with Crippen LogP contribution in [-0.2, 0) is 0 Å². The van der Waals surface area contributed by atoms with Gasteiger partial charge < -0.3 is 10.3 Å². The van der Waals surface area contributed by atoms with E-state index in [1.165, 1.54) is 0 Å². The Kier molecular flexibility index (Phi) is 2.90. The van der Waals surface area contributed by atoms with Crippen LogP contribution in [0.2, 0.25) is 0 Å². The number of aromatic amines is 1. The van der Waals surface area contributed by atoms with E-state index in [2.05, 4.69) is 10.3 Å². The van der Waals surface area contributed by atoms with Crippen molar-refractivity contribution in [2.75, 3.05) is 5.32 Å². The lowest BCUT2D eigenvalue weighted by Gasteiger charge is -2.08. The number of fused-ring (bicyclic) bond motifs is 2. The zero-order valence-corrected chi connectivity index (χ0v) is 11.8. The van der Waals surface area contributed by atoms with Gasteiger partial charge in [-0.3, -0.25) is 4.79 Å². The second-order valence-electron chi connectivity index (χ2n) is 5.25. The normalized spacial score (nSPS) is 10.9. The first-order valence-electron chi connectivity index (χ1n) is 7.18. The zero-order chi connectivity index (χ0) is 14.9. The molecule has 1 heterocycles. The van der Waals surface area contributed by atoms with Crippen molar-refractivity contribution >= 4 is 33.2 Å². The van der Waals surface area contributed by atoms with Crippen LogP contribution in [0.3, 0.4) is 0 Å². The third-order valence-corrected chi connectivity index (χ3v) is 3.77. The van der Waals surface area contributed by atoms with Crippen LogP contribution >= 0.6 is 0 Å². The summed E-state index contributed by atoms with van der Waals surface area (Å²) < 4.78 is 0. The molecule has 0 unspecified atom stereocenters. The van der Waals surface area contributed by atoms with Crippen LogP contribution in [0, 0.1) is 0 Å². The molecule has 0 spiro atoms. The summed E-state index contributed by atoms with van der Waals surface area (Å²) >= 11 is 0. The lowest BCUT2D eigenvalue weighted by molar-refractivity contribution is 1.47. The molecule has 0 bridgehead atoms. The van der Waals surface area contributed by atoms with Crippen molar-refractivity contribution in [1.82, 2.24) is 4.98 Å². The monoisotopic (exact) mass is 286 g/mol. The van der Waals surface area contributed by atoms with Gasteiger partial charge in [0.25, 0.3) is 0 Å². The Bertz CT molecular complexity index is 1020. The summed E-state index contributed by atoms with van der Waals surface area (Å²) in [6.45, 7) is 0. The molecule has 106 valence electrons. The minimum atomic E-state index is 0.0565. The van der Waals surface area contributed by atoms with E-state index in [9.17, 15) is 4.79 Å². The Balaban J connectivity index is 1.88. The number of para-hydroxylation sites is 2. The van der Waals surface area contributed by atoms with Gasteiger partial charge in [0.05, 0.1) is 0 Å². The van der Waals surface area contributed by atoms with E-state index in [0.717, 1.165) is 22.4 Å². The smallest absolute Gasteiger partial charge is 0.197 e. The standard InChI is InChI=1S/C19H14N2O/c22-19-15-8-4-5-9-17(15)21-18-11-10-14(12-16(18)19)20-13-6-2-1-3-7-13/h1-12,20H,(H,21,22). The van der Waals surface area contributed by atoms with Crippen LogP contribution in [-0.4, -0.2) is 4.98 Å². The Morgan fingerprint density at radius 3 is 2.27 bits per heavy atom. The third-order valence-electron chi connectivity index (χ3n) is 3.77. The average molecular weight is 286 g/mol. The molecule has 4 rings (SSSR count). The van der Waals surface area contributed by atoms with E-state index in [1.54, 1.807) is 0 Å². The maximum Gasteiger partial charge on any atom is 0.197 e. The summed E-state index contributed by atoms with van der Waals surface area (Å²) in [5.41, 5.74) is 3.67. The number of hydrogen-bond acceptors (Lipinski definition) is 2. The van der Waals surface area contributed by atoms with E-state index in [1.807, 2.05) is 72.8 Å². The first kappa shape index (κ1) is 12.7. The number of hydrogen-bond donors (Lipinski definition) is 2. The molecule has 3 aromatic carbocycles. The van der Waals surface area contributed by atoms with Crippen molar-refractivity contribution in [3.63, 3.8) is 0 Å². The van der Waals surface area contributed by atoms with Crippen molar-refractivity contribution in [2.45, 2.75) is 0 Å². The van der Waals surface area contributed by atoms with Gasteiger partial charge in [-0.15, -0.1) is 0 Å².